The van der Waals surface area contributed by atoms with Crippen LogP contribution in [0.25, 0.3) is 0 Å². The predicted molar refractivity (Wildman–Crippen MR) is 71.0 cm³/mol. The van der Waals surface area contributed by atoms with Crippen LogP contribution in [0.4, 0.5) is 19.0 Å². The molecule has 1 rings (SSSR count). The Bertz CT molecular complexity index is 435. The Morgan fingerprint density at radius 1 is 1.42 bits per heavy atom. The van der Waals surface area contributed by atoms with E-state index in [-0.39, 0.29) is 16.8 Å². The highest BCUT2D eigenvalue weighted by Gasteiger charge is 2.35. The molecule has 1 heterocycles. The molecule has 19 heavy (non-hydrogen) atoms. The second kappa shape index (κ2) is 6.09. The topological polar surface area (TPSA) is 45.1 Å². The number of hydrogen-bond acceptors (Lipinski definition) is 3. The van der Waals surface area contributed by atoms with Crippen LogP contribution in [-0.2, 0) is 6.18 Å². The van der Waals surface area contributed by atoms with Gasteiger partial charge in [0.1, 0.15) is 5.82 Å². The van der Waals surface area contributed by atoms with Gasteiger partial charge in [0.15, 0.2) is 0 Å². The summed E-state index contributed by atoms with van der Waals surface area (Å²) >= 11 is 2.96. The first-order valence-electron chi connectivity index (χ1n) is 5.85. The van der Waals surface area contributed by atoms with Crippen LogP contribution in [0.1, 0.15) is 32.3 Å². The lowest BCUT2D eigenvalue weighted by Crippen LogP contribution is -2.34. The third-order valence-electron chi connectivity index (χ3n) is 2.58. The molecular weight excluding hydrogens is 325 g/mol. The fraction of sp³-hybridized carbons (Fsp3) is 0.583. The van der Waals surface area contributed by atoms with Crippen molar-refractivity contribution < 1.29 is 18.3 Å². The molecule has 0 radical (unpaired) electrons. The summed E-state index contributed by atoms with van der Waals surface area (Å²) in [5.74, 6) is -0.271. The van der Waals surface area contributed by atoms with Crippen molar-refractivity contribution in [2.75, 3.05) is 11.9 Å². The molecular formula is C12H16BrF3N2O. The Hall–Kier alpha value is -0.820. The maximum atomic E-state index is 12.8. The smallest absolute Gasteiger partial charge is 0.388 e. The zero-order valence-corrected chi connectivity index (χ0v) is 12.3. The maximum absolute atomic E-state index is 12.8. The van der Waals surface area contributed by atoms with Gasteiger partial charge in [0.25, 0.3) is 0 Å². The Morgan fingerprint density at radius 2 is 2.05 bits per heavy atom. The molecule has 0 bridgehead atoms. The van der Waals surface area contributed by atoms with E-state index in [1.807, 2.05) is 6.92 Å². The number of pyridine rings is 1. The number of nitrogens with zero attached hydrogens (tertiary/aromatic N) is 1. The third kappa shape index (κ3) is 4.99. The summed E-state index contributed by atoms with van der Waals surface area (Å²) in [6, 6.07) is 0.962. The second-order valence-electron chi connectivity index (χ2n) is 4.65. The number of anilines is 1. The van der Waals surface area contributed by atoms with Gasteiger partial charge < -0.3 is 10.4 Å². The molecule has 1 aromatic heterocycles. The number of aromatic nitrogens is 1. The van der Waals surface area contributed by atoms with Crippen LogP contribution in [0.3, 0.4) is 0 Å². The van der Waals surface area contributed by atoms with Crippen molar-refractivity contribution in [3.05, 3.63) is 22.3 Å². The minimum atomic E-state index is -4.49. The van der Waals surface area contributed by atoms with Gasteiger partial charge in [0.2, 0.25) is 0 Å². The lowest BCUT2D eigenvalue weighted by Gasteiger charge is -2.24. The van der Waals surface area contributed by atoms with Gasteiger partial charge in [-0.15, -0.1) is 0 Å². The molecule has 0 aromatic carbocycles. The molecule has 0 spiro atoms. The van der Waals surface area contributed by atoms with Gasteiger partial charge in [-0.1, -0.05) is 13.3 Å². The van der Waals surface area contributed by atoms with Gasteiger partial charge in [-0.05, 0) is 35.3 Å². The molecule has 0 amide bonds. The summed E-state index contributed by atoms with van der Waals surface area (Å²) in [4.78, 5) is 3.72. The Labute approximate surface area is 118 Å². The number of alkyl halides is 3. The highest BCUT2D eigenvalue weighted by Crippen LogP contribution is 2.35. The first kappa shape index (κ1) is 16.2. The zero-order chi connectivity index (χ0) is 14.7. The molecule has 1 atom stereocenters. The van der Waals surface area contributed by atoms with E-state index in [0.29, 0.717) is 6.42 Å². The standard InChI is InChI=1S/C12H16BrF3N2O/c1-3-4-11(2,19)7-18-10-9(12(14,15)16)5-8(13)6-17-10/h5-6,19H,3-4,7H2,1-2H3,(H,17,18). The Balaban J connectivity index is 2.90. The average molecular weight is 341 g/mol. The summed E-state index contributed by atoms with van der Waals surface area (Å²) < 4.78 is 38.8. The first-order valence-corrected chi connectivity index (χ1v) is 6.64. The molecule has 108 valence electrons. The van der Waals surface area contributed by atoms with E-state index < -0.39 is 17.3 Å². The van der Waals surface area contributed by atoms with E-state index in [0.717, 1.165) is 12.5 Å². The van der Waals surface area contributed by atoms with Crippen LogP contribution in [-0.4, -0.2) is 22.2 Å². The van der Waals surface area contributed by atoms with E-state index in [2.05, 4.69) is 26.2 Å². The lowest BCUT2D eigenvalue weighted by atomic mass is 10.0. The molecule has 2 N–H and O–H groups in total. The van der Waals surface area contributed by atoms with Crippen molar-refractivity contribution in [2.24, 2.45) is 0 Å². The van der Waals surface area contributed by atoms with Gasteiger partial charge in [-0.2, -0.15) is 13.2 Å². The van der Waals surface area contributed by atoms with E-state index in [4.69, 9.17) is 0 Å². The van der Waals surface area contributed by atoms with Crippen molar-refractivity contribution in [3.63, 3.8) is 0 Å². The van der Waals surface area contributed by atoms with E-state index in [9.17, 15) is 18.3 Å². The SMILES string of the molecule is CCCC(C)(O)CNc1ncc(Br)cc1C(F)(F)F. The van der Waals surface area contributed by atoms with Crippen LogP contribution in [0.2, 0.25) is 0 Å². The molecule has 1 aromatic rings. The Morgan fingerprint density at radius 3 is 2.58 bits per heavy atom. The van der Waals surface area contributed by atoms with E-state index in [1.165, 1.54) is 6.20 Å². The molecule has 0 aliphatic carbocycles. The molecule has 1 unspecified atom stereocenters. The summed E-state index contributed by atoms with van der Waals surface area (Å²) in [6.07, 6.45) is -1.96. The number of rotatable bonds is 5. The van der Waals surface area contributed by atoms with Crippen LogP contribution in [0, 0.1) is 0 Å². The fourth-order valence-electron chi connectivity index (χ4n) is 1.70. The van der Waals surface area contributed by atoms with Crippen molar-refractivity contribution in [1.82, 2.24) is 4.98 Å². The summed E-state index contributed by atoms with van der Waals surface area (Å²) in [6.45, 7) is 3.49. The molecule has 0 saturated carbocycles. The number of nitrogens with one attached hydrogen (secondary N) is 1. The van der Waals surface area contributed by atoms with Crippen LogP contribution in [0.15, 0.2) is 16.7 Å². The summed E-state index contributed by atoms with van der Waals surface area (Å²) in [5, 5.41) is 12.5. The monoisotopic (exact) mass is 340 g/mol. The van der Waals surface area contributed by atoms with Crippen LogP contribution in [0.5, 0.6) is 0 Å². The van der Waals surface area contributed by atoms with Gasteiger partial charge in [-0.3, -0.25) is 0 Å². The van der Waals surface area contributed by atoms with Crippen molar-refractivity contribution in [3.8, 4) is 0 Å². The van der Waals surface area contributed by atoms with Crippen molar-refractivity contribution >= 4 is 21.7 Å². The van der Waals surface area contributed by atoms with Gasteiger partial charge in [0.05, 0.1) is 11.2 Å². The third-order valence-corrected chi connectivity index (χ3v) is 3.02. The molecule has 0 saturated heterocycles. The number of aliphatic hydroxyl groups is 1. The first-order chi connectivity index (χ1) is 8.65. The maximum Gasteiger partial charge on any atom is 0.419 e. The summed E-state index contributed by atoms with van der Waals surface area (Å²) in [5.41, 5.74) is -1.92. The molecule has 0 fully saturated rings. The molecule has 0 aliphatic rings. The largest absolute Gasteiger partial charge is 0.419 e. The van der Waals surface area contributed by atoms with Crippen LogP contribution < -0.4 is 5.32 Å². The molecule has 0 aliphatic heterocycles. The van der Waals surface area contributed by atoms with Crippen LogP contribution >= 0.6 is 15.9 Å². The fourth-order valence-corrected chi connectivity index (χ4v) is 2.03. The normalized spacial score (nSPS) is 15.1. The van der Waals surface area contributed by atoms with Crippen molar-refractivity contribution in [1.29, 1.82) is 0 Å². The van der Waals surface area contributed by atoms with Gasteiger partial charge in [-0.25, -0.2) is 4.98 Å². The highest BCUT2D eigenvalue weighted by molar-refractivity contribution is 9.10. The van der Waals surface area contributed by atoms with E-state index >= 15 is 0 Å². The minimum absolute atomic E-state index is 0.0125. The van der Waals surface area contributed by atoms with Gasteiger partial charge >= 0.3 is 6.18 Å². The van der Waals surface area contributed by atoms with Gasteiger partial charge in [0, 0.05) is 17.2 Å². The van der Waals surface area contributed by atoms with Crippen molar-refractivity contribution in [2.45, 2.75) is 38.5 Å². The highest BCUT2D eigenvalue weighted by atomic mass is 79.9. The molecule has 7 heteroatoms. The molecule has 3 nitrogen and oxygen atoms in total. The minimum Gasteiger partial charge on any atom is -0.388 e. The van der Waals surface area contributed by atoms with E-state index in [1.54, 1.807) is 6.92 Å². The number of hydrogen-bond donors (Lipinski definition) is 2. The average Bonchev–Trinajstić information content (AvgIpc) is 2.26. The number of halogens is 4. The summed E-state index contributed by atoms with van der Waals surface area (Å²) in [7, 11) is 0. The Kier molecular flexibility index (Phi) is 5.20. The second-order valence-corrected chi connectivity index (χ2v) is 5.56. The lowest BCUT2D eigenvalue weighted by molar-refractivity contribution is -0.137. The predicted octanol–water partition coefficient (Wildman–Crippen LogP) is 3.83. The zero-order valence-electron chi connectivity index (χ0n) is 10.7. The quantitative estimate of drug-likeness (QED) is 0.856.